The molecule has 3 aliphatic heterocycles. The first-order valence-electron chi connectivity index (χ1n) is 13.3. The van der Waals surface area contributed by atoms with Gasteiger partial charge >= 0.3 is 6.09 Å². The Morgan fingerprint density at radius 1 is 1.00 bits per heavy atom. The van der Waals surface area contributed by atoms with Gasteiger partial charge in [-0.25, -0.2) is 13.6 Å². The molecule has 3 saturated heterocycles. The van der Waals surface area contributed by atoms with Crippen molar-refractivity contribution in [3.05, 3.63) is 95.1 Å². The zero-order valence-electron chi connectivity index (χ0n) is 22.0. The van der Waals surface area contributed by atoms with Crippen molar-refractivity contribution in [2.75, 3.05) is 36.8 Å². The van der Waals surface area contributed by atoms with E-state index >= 15 is 0 Å². The number of amides is 1. The van der Waals surface area contributed by atoms with Crippen LogP contribution in [0.1, 0.15) is 29.5 Å². The van der Waals surface area contributed by atoms with Crippen LogP contribution in [0.15, 0.2) is 71.6 Å². The van der Waals surface area contributed by atoms with Crippen molar-refractivity contribution < 1.29 is 22.8 Å². The Balaban J connectivity index is 1.27. The molecule has 4 nitrogen and oxygen atoms in total. The van der Waals surface area contributed by atoms with Crippen LogP contribution in [-0.4, -0.2) is 48.6 Å². The van der Waals surface area contributed by atoms with Gasteiger partial charge in [0.05, 0.1) is 31.9 Å². The number of para-hydroxylation sites is 1. The van der Waals surface area contributed by atoms with Gasteiger partial charge < -0.3 is 9.22 Å². The summed E-state index contributed by atoms with van der Waals surface area (Å²) in [6.45, 7) is 8.48. The molecular weight excluding hydrogens is 502 g/mol. The second-order valence-corrected chi connectivity index (χ2v) is 11.8. The first-order valence-corrected chi connectivity index (χ1v) is 14.3. The molecule has 0 N–H and O–H groups in total. The van der Waals surface area contributed by atoms with E-state index < -0.39 is 11.9 Å². The van der Waals surface area contributed by atoms with E-state index in [-0.39, 0.29) is 24.2 Å². The zero-order valence-corrected chi connectivity index (χ0v) is 22.9. The van der Waals surface area contributed by atoms with Crippen LogP contribution < -0.4 is 4.90 Å². The zero-order chi connectivity index (χ0) is 26.7. The normalized spacial score (nSPS) is 22.3. The molecule has 0 radical (unpaired) electrons. The van der Waals surface area contributed by atoms with Crippen LogP contribution in [0.2, 0.25) is 0 Å². The number of halogens is 2. The Morgan fingerprint density at radius 3 is 2.47 bits per heavy atom. The summed E-state index contributed by atoms with van der Waals surface area (Å²) < 4.78 is 35.3. The predicted molar refractivity (Wildman–Crippen MR) is 148 cm³/mol. The van der Waals surface area contributed by atoms with Crippen molar-refractivity contribution >= 4 is 23.5 Å². The van der Waals surface area contributed by atoms with Crippen LogP contribution in [0, 0.1) is 31.4 Å². The fourth-order valence-electron chi connectivity index (χ4n) is 5.78. The molecule has 3 aromatic rings. The van der Waals surface area contributed by atoms with E-state index in [1.54, 1.807) is 30.3 Å². The lowest BCUT2D eigenvalue weighted by atomic mass is 9.83. The maximum Gasteiger partial charge on any atom is 0.415 e. The number of rotatable bonds is 8. The van der Waals surface area contributed by atoms with Crippen molar-refractivity contribution in [1.82, 2.24) is 0 Å². The van der Waals surface area contributed by atoms with Crippen LogP contribution in [0.5, 0.6) is 0 Å². The van der Waals surface area contributed by atoms with Gasteiger partial charge in [0.2, 0.25) is 0 Å². The van der Waals surface area contributed by atoms with Crippen LogP contribution in [-0.2, 0) is 11.3 Å². The largest absolute Gasteiger partial charge is 0.440 e. The lowest BCUT2D eigenvalue weighted by Crippen LogP contribution is -2.65. The number of carbonyl (C=O) groups is 1. The molecule has 3 aromatic carbocycles. The summed E-state index contributed by atoms with van der Waals surface area (Å²) in [6.07, 6.45) is 1.31. The van der Waals surface area contributed by atoms with Crippen LogP contribution >= 0.6 is 11.8 Å². The minimum absolute atomic E-state index is 0.101. The average Bonchev–Trinajstić information content (AvgIpc) is 2.92. The molecule has 1 atom stereocenters. The second kappa shape index (κ2) is 11.5. The number of hydrogen-bond donors (Lipinski definition) is 0. The molecular formula is C31H35F2N2O2S+. The summed E-state index contributed by atoms with van der Waals surface area (Å²) in [4.78, 5) is 16.2. The number of hydrogen-bond acceptors (Lipinski definition) is 3. The van der Waals surface area contributed by atoms with Gasteiger partial charge in [0.25, 0.3) is 0 Å². The monoisotopic (exact) mass is 537 g/mol. The molecule has 0 unspecified atom stereocenters. The van der Waals surface area contributed by atoms with Gasteiger partial charge in [0, 0.05) is 29.4 Å². The number of aryl methyl sites for hydroxylation is 1. The summed E-state index contributed by atoms with van der Waals surface area (Å²) in [5.41, 5.74) is 3.52. The smallest absolute Gasteiger partial charge is 0.415 e. The molecule has 200 valence electrons. The van der Waals surface area contributed by atoms with Crippen molar-refractivity contribution in [2.45, 2.75) is 44.2 Å². The average molecular weight is 538 g/mol. The molecule has 0 saturated carbocycles. The van der Waals surface area contributed by atoms with Gasteiger partial charge in [-0.1, -0.05) is 36.4 Å². The fraction of sp³-hybridized carbons (Fsp3) is 0.387. The summed E-state index contributed by atoms with van der Waals surface area (Å²) in [5.74, 6) is 0.499. The Bertz CT molecular complexity index is 1280. The van der Waals surface area contributed by atoms with Crippen molar-refractivity contribution in [2.24, 2.45) is 5.92 Å². The van der Waals surface area contributed by atoms with Crippen molar-refractivity contribution in [3.63, 3.8) is 0 Å². The lowest BCUT2D eigenvalue weighted by Gasteiger charge is -2.52. The topological polar surface area (TPSA) is 29.5 Å². The molecule has 0 aliphatic carbocycles. The van der Waals surface area contributed by atoms with Crippen LogP contribution in [0.4, 0.5) is 19.3 Å². The number of benzene rings is 3. The summed E-state index contributed by atoms with van der Waals surface area (Å²) in [6, 6.07) is 18.6. The maximum absolute atomic E-state index is 14.8. The Morgan fingerprint density at radius 2 is 1.74 bits per heavy atom. The van der Waals surface area contributed by atoms with E-state index in [4.69, 9.17) is 4.74 Å². The summed E-state index contributed by atoms with van der Waals surface area (Å²) in [7, 11) is 0. The van der Waals surface area contributed by atoms with Gasteiger partial charge in [-0.3, -0.25) is 4.90 Å². The molecule has 3 aliphatic rings. The molecule has 3 fully saturated rings. The number of quaternary nitrogens is 1. The van der Waals surface area contributed by atoms with Gasteiger partial charge in [-0.05, 0) is 60.9 Å². The first-order chi connectivity index (χ1) is 18.3. The van der Waals surface area contributed by atoms with E-state index in [0.29, 0.717) is 11.5 Å². The quantitative estimate of drug-likeness (QED) is 0.226. The number of carbonyl (C=O) groups excluding carboxylic acids is 1. The van der Waals surface area contributed by atoms with E-state index in [1.165, 1.54) is 39.1 Å². The molecule has 1 amide bonds. The molecule has 7 heteroatoms. The lowest BCUT2D eigenvalue weighted by molar-refractivity contribution is -0.943. The van der Waals surface area contributed by atoms with Crippen LogP contribution in [0.25, 0.3) is 0 Å². The molecule has 2 bridgehead atoms. The summed E-state index contributed by atoms with van der Waals surface area (Å²) >= 11 is 1.91. The SMILES string of the molecule is Cc1cccc(SCC[N+]23CCC(CC2)[C@@H](OC(=O)N(Cc2ccc(F)cc2)c2ccccc2F)C3)c1C. The highest BCUT2D eigenvalue weighted by molar-refractivity contribution is 7.99. The maximum atomic E-state index is 14.8. The van der Waals surface area contributed by atoms with Gasteiger partial charge in [-0.15, -0.1) is 11.8 Å². The van der Waals surface area contributed by atoms with Crippen molar-refractivity contribution in [1.29, 1.82) is 0 Å². The molecule has 0 aromatic heterocycles. The number of ether oxygens (including phenoxy) is 1. The van der Waals surface area contributed by atoms with Crippen LogP contribution in [0.3, 0.4) is 0 Å². The Kier molecular flexibility index (Phi) is 8.05. The second-order valence-electron chi connectivity index (χ2n) is 10.7. The third-order valence-corrected chi connectivity index (χ3v) is 9.43. The molecule has 3 heterocycles. The third kappa shape index (κ3) is 5.89. The van der Waals surface area contributed by atoms with E-state index in [9.17, 15) is 13.6 Å². The highest BCUT2D eigenvalue weighted by Crippen LogP contribution is 2.37. The van der Waals surface area contributed by atoms with E-state index in [0.717, 1.165) is 49.3 Å². The predicted octanol–water partition coefficient (Wildman–Crippen LogP) is 7.13. The minimum atomic E-state index is -0.555. The standard InChI is InChI=1S/C31H35F2N2O2S/c1-22-6-5-9-30(23(22)2)38-19-18-35-16-14-25(15-17-35)29(21-35)37-31(36)34(28-8-4-3-7-27(28)33)20-24-10-12-26(32)13-11-24/h3-13,25,29H,14-21H2,1-2H3/q+1/t25?,29-,35?/m0/s1. The molecule has 6 rings (SSSR count). The van der Waals surface area contributed by atoms with Crippen molar-refractivity contribution in [3.8, 4) is 0 Å². The number of nitrogens with zero attached hydrogens (tertiary/aromatic N) is 2. The Hall–Kier alpha value is -2.90. The first kappa shape index (κ1) is 26.7. The van der Waals surface area contributed by atoms with Gasteiger partial charge in [0.1, 0.15) is 18.2 Å². The number of fused-ring (bicyclic) bond motifs is 3. The number of thioether (sulfide) groups is 1. The highest BCUT2D eigenvalue weighted by atomic mass is 32.2. The van der Waals surface area contributed by atoms with Gasteiger partial charge in [0.15, 0.2) is 6.10 Å². The Labute approximate surface area is 228 Å². The molecule has 0 spiro atoms. The van der Waals surface area contributed by atoms with E-state index in [1.807, 2.05) is 11.8 Å². The fourth-order valence-corrected chi connectivity index (χ4v) is 7.03. The number of piperidine rings is 3. The minimum Gasteiger partial charge on any atom is -0.440 e. The van der Waals surface area contributed by atoms with E-state index in [2.05, 4.69) is 32.0 Å². The number of anilines is 1. The summed E-state index contributed by atoms with van der Waals surface area (Å²) in [5, 5.41) is 0. The third-order valence-electron chi connectivity index (χ3n) is 8.29. The molecule has 38 heavy (non-hydrogen) atoms. The highest BCUT2D eigenvalue weighted by Gasteiger charge is 2.47. The van der Waals surface area contributed by atoms with Gasteiger partial charge in [-0.2, -0.15) is 0 Å².